The van der Waals surface area contributed by atoms with E-state index in [1.165, 1.54) is 43.2 Å². The van der Waals surface area contributed by atoms with Crippen LogP contribution in [0.1, 0.15) is 81.5 Å². The maximum Gasteiger partial charge on any atom is 0.231 e. The van der Waals surface area contributed by atoms with E-state index in [0.717, 1.165) is 30.5 Å². The van der Waals surface area contributed by atoms with Gasteiger partial charge in [0.15, 0.2) is 11.5 Å². The van der Waals surface area contributed by atoms with Crippen LogP contribution in [0.5, 0.6) is 11.5 Å². The van der Waals surface area contributed by atoms with Gasteiger partial charge in [-0.3, -0.25) is 0 Å². The molecule has 1 fully saturated rings. The summed E-state index contributed by atoms with van der Waals surface area (Å²) in [5.41, 5.74) is 6.64. The van der Waals surface area contributed by atoms with Crippen LogP contribution in [0.4, 0.5) is 0 Å². The van der Waals surface area contributed by atoms with Crippen molar-refractivity contribution in [2.75, 3.05) is 13.3 Å². The van der Waals surface area contributed by atoms with E-state index in [-0.39, 0.29) is 0 Å². The maximum absolute atomic E-state index is 5.55. The van der Waals surface area contributed by atoms with Gasteiger partial charge in [0.05, 0.1) is 0 Å². The number of aryl methyl sites for hydroxylation is 1. The van der Waals surface area contributed by atoms with E-state index in [4.69, 9.17) is 9.47 Å². The monoisotopic (exact) mass is 419 g/mol. The second-order valence-corrected chi connectivity index (χ2v) is 10.9. The molecular weight excluding hydrogens is 382 g/mol. The van der Waals surface area contributed by atoms with Gasteiger partial charge < -0.3 is 14.8 Å². The van der Waals surface area contributed by atoms with E-state index in [1.807, 2.05) is 6.07 Å². The van der Waals surface area contributed by atoms with E-state index in [2.05, 4.69) is 63.3 Å². The van der Waals surface area contributed by atoms with Gasteiger partial charge in [-0.1, -0.05) is 58.4 Å². The van der Waals surface area contributed by atoms with Crippen molar-refractivity contribution >= 4 is 0 Å². The van der Waals surface area contributed by atoms with Crippen LogP contribution in [-0.2, 0) is 18.4 Å². The Hall–Kier alpha value is -2.00. The summed E-state index contributed by atoms with van der Waals surface area (Å²) in [6, 6.07) is 13.7. The molecule has 0 aromatic heterocycles. The van der Waals surface area contributed by atoms with Gasteiger partial charge in [0, 0.05) is 13.1 Å². The van der Waals surface area contributed by atoms with Crippen LogP contribution in [0.25, 0.3) is 0 Å². The minimum atomic E-state index is 0.302. The van der Waals surface area contributed by atoms with Gasteiger partial charge in [0.25, 0.3) is 0 Å². The van der Waals surface area contributed by atoms with Crippen molar-refractivity contribution in [1.29, 1.82) is 0 Å². The summed E-state index contributed by atoms with van der Waals surface area (Å²) in [6.07, 6.45) is 6.51. The predicted octanol–water partition coefficient (Wildman–Crippen LogP) is 6.34. The smallest absolute Gasteiger partial charge is 0.231 e. The van der Waals surface area contributed by atoms with E-state index in [0.29, 0.717) is 23.5 Å². The van der Waals surface area contributed by atoms with E-state index in [9.17, 15) is 0 Å². The van der Waals surface area contributed by atoms with Crippen molar-refractivity contribution in [3.63, 3.8) is 0 Å². The van der Waals surface area contributed by atoms with Crippen molar-refractivity contribution < 1.29 is 9.47 Å². The Bertz CT molecular complexity index is 967. The standard InChI is InChI=1S/C28H37NO2/c1-19(2)21-7-9-23-22(15-21)8-11-26-27(3,12-5-13-28(23,26)4)17-29-16-20-6-10-24-25(14-20)31-18-30-24/h6-7,9-10,14-15,19,26,29H,5,8,11-13,16-18H2,1-4H3/t26-,27-,28+/m0/s1. The highest BCUT2D eigenvalue weighted by atomic mass is 16.7. The molecule has 31 heavy (non-hydrogen) atoms. The van der Waals surface area contributed by atoms with Gasteiger partial charge in [-0.2, -0.15) is 0 Å². The van der Waals surface area contributed by atoms with Gasteiger partial charge in [0.1, 0.15) is 0 Å². The first kappa shape index (κ1) is 20.9. The normalized spacial score (nSPS) is 29.0. The number of ether oxygens (including phenoxy) is 2. The van der Waals surface area contributed by atoms with Crippen LogP contribution in [0.3, 0.4) is 0 Å². The average molecular weight is 420 g/mol. The third-order valence-corrected chi connectivity index (χ3v) is 8.46. The lowest BCUT2D eigenvalue weighted by Gasteiger charge is -2.55. The summed E-state index contributed by atoms with van der Waals surface area (Å²) in [5.74, 6) is 3.07. The largest absolute Gasteiger partial charge is 0.454 e. The molecule has 2 aromatic carbocycles. The minimum absolute atomic E-state index is 0.302. The molecule has 1 heterocycles. The van der Waals surface area contributed by atoms with Crippen molar-refractivity contribution in [2.24, 2.45) is 11.3 Å². The molecule has 3 heteroatoms. The van der Waals surface area contributed by atoms with E-state index in [1.54, 1.807) is 11.1 Å². The molecular formula is C28H37NO2. The lowest BCUT2D eigenvalue weighted by Crippen LogP contribution is -2.52. The highest BCUT2D eigenvalue weighted by Gasteiger charge is 2.51. The Balaban J connectivity index is 1.32. The summed E-state index contributed by atoms with van der Waals surface area (Å²) in [4.78, 5) is 0. The van der Waals surface area contributed by atoms with Gasteiger partial charge in [-0.25, -0.2) is 0 Å². The highest BCUT2D eigenvalue weighted by molar-refractivity contribution is 5.44. The number of hydrogen-bond acceptors (Lipinski definition) is 3. The van der Waals surface area contributed by atoms with Gasteiger partial charge in [-0.15, -0.1) is 0 Å². The molecule has 0 unspecified atom stereocenters. The second kappa shape index (κ2) is 7.85. The molecule has 0 amide bonds. The molecule has 3 atom stereocenters. The summed E-state index contributed by atoms with van der Waals surface area (Å²) in [5, 5.41) is 3.80. The highest BCUT2D eigenvalue weighted by Crippen LogP contribution is 2.57. The Morgan fingerprint density at radius 1 is 1.03 bits per heavy atom. The first-order chi connectivity index (χ1) is 14.9. The molecule has 2 aromatic rings. The lowest BCUT2D eigenvalue weighted by atomic mass is 9.49. The Labute approximate surface area is 187 Å². The zero-order chi connectivity index (χ0) is 21.6. The average Bonchev–Trinajstić information content (AvgIpc) is 3.21. The van der Waals surface area contributed by atoms with Gasteiger partial charge in [-0.05, 0) is 82.7 Å². The number of rotatable bonds is 5. The van der Waals surface area contributed by atoms with Crippen LogP contribution < -0.4 is 14.8 Å². The molecule has 166 valence electrons. The van der Waals surface area contributed by atoms with Crippen LogP contribution in [-0.4, -0.2) is 13.3 Å². The van der Waals surface area contributed by atoms with Gasteiger partial charge >= 0.3 is 0 Å². The van der Waals surface area contributed by atoms with Gasteiger partial charge in [0.2, 0.25) is 6.79 Å². The van der Waals surface area contributed by atoms with Crippen LogP contribution >= 0.6 is 0 Å². The fraction of sp³-hybridized carbons (Fsp3) is 0.571. The van der Waals surface area contributed by atoms with E-state index < -0.39 is 0 Å². The third kappa shape index (κ3) is 3.65. The van der Waals surface area contributed by atoms with Crippen molar-refractivity contribution in [1.82, 2.24) is 5.32 Å². The molecule has 1 saturated carbocycles. The molecule has 2 aliphatic carbocycles. The molecule has 0 radical (unpaired) electrons. The third-order valence-electron chi connectivity index (χ3n) is 8.46. The molecule has 0 saturated heterocycles. The van der Waals surface area contributed by atoms with Crippen LogP contribution in [0, 0.1) is 11.3 Å². The summed E-state index contributed by atoms with van der Waals surface area (Å²) in [6.45, 7) is 12.0. The molecule has 0 spiro atoms. The fourth-order valence-electron chi connectivity index (χ4n) is 6.76. The van der Waals surface area contributed by atoms with Crippen molar-refractivity contribution in [3.05, 3.63) is 58.7 Å². The molecule has 5 rings (SSSR count). The zero-order valence-electron chi connectivity index (χ0n) is 19.6. The van der Waals surface area contributed by atoms with Crippen molar-refractivity contribution in [2.45, 2.75) is 77.7 Å². The first-order valence-electron chi connectivity index (χ1n) is 12.1. The molecule has 1 N–H and O–H groups in total. The second-order valence-electron chi connectivity index (χ2n) is 10.9. The molecule has 3 aliphatic rings. The number of hydrogen-bond donors (Lipinski definition) is 1. The minimum Gasteiger partial charge on any atom is -0.454 e. The topological polar surface area (TPSA) is 30.5 Å². The van der Waals surface area contributed by atoms with E-state index >= 15 is 0 Å². The first-order valence-corrected chi connectivity index (χ1v) is 12.1. The number of nitrogens with one attached hydrogen (secondary N) is 1. The molecule has 0 bridgehead atoms. The molecule has 1 aliphatic heterocycles. The Kier molecular flexibility index (Phi) is 5.29. The quantitative estimate of drug-likeness (QED) is 0.613. The fourth-order valence-corrected chi connectivity index (χ4v) is 6.76. The zero-order valence-corrected chi connectivity index (χ0v) is 19.6. The SMILES string of the molecule is CC(C)c1ccc2c(c1)CC[C@H]1[C@](C)(CNCc3ccc4c(c3)OCO4)CCC[C@]21C. The Morgan fingerprint density at radius 2 is 1.87 bits per heavy atom. The Morgan fingerprint density at radius 3 is 2.71 bits per heavy atom. The summed E-state index contributed by atoms with van der Waals surface area (Å²) in [7, 11) is 0. The number of fused-ring (bicyclic) bond motifs is 4. The maximum atomic E-state index is 5.55. The summed E-state index contributed by atoms with van der Waals surface area (Å²) >= 11 is 0. The predicted molar refractivity (Wildman–Crippen MR) is 126 cm³/mol. The van der Waals surface area contributed by atoms with Crippen molar-refractivity contribution in [3.8, 4) is 11.5 Å². The van der Waals surface area contributed by atoms with Crippen LogP contribution in [0.15, 0.2) is 36.4 Å². The number of benzene rings is 2. The summed E-state index contributed by atoms with van der Waals surface area (Å²) < 4.78 is 11.0. The van der Waals surface area contributed by atoms with Crippen LogP contribution in [0.2, 0.25) is 0 Å². The molecule has 3 nitrogen and oxygen atoms in total. The lowest BCUT2D eigenvalue weighted by molar-refractivity contribution is 0.0257.